The van der Waals surface area contributed by atoms with Gasteiger partial charge < -0.3 is 19.8 Å². The van der Waals surface area contributed by atoms with Crippen molar-refractivity contribution in [3.8, 4) is 0 Å². The summed E-state index contributed by atoms with van der Waals surface area (Å²) in [5.41, 5.74) is 0.420. The van der Waals surface area contributed by atoms with Crippen LogP contribution in [0.3, 0.4) is 0 Å². The minimum atomic E-state index is -4.46. The Morgan fingerprint density at radius 2 is 1.68 bits per heavy atom. The molecule has 3 saturated heterocycles. The van der Waals surface area contributed by atoms with E-state index in [0.29, 0.717) is 18.9 Å². The Kier molecular flexibility index (Phi) is 8.25. The van der Waals surface area contributed by atoms with E-state index >= 15 is 0 Å². The second kappa shape index (κ2) is 11.5. The molecule has 3 aliphatic rings. The fraction of sp³-hybridized carbons (Fsp3) is 0.556. The Bertz CT molecular complexity index is 1310. The van der Waals surface area contributed by atoms with E-state index in [4.69, 9.17) is 0 Å². The number of hydrogen-bond acceptors (Lipinski definition) is 7. The maximum atomic E-state index is 13.4. The van der Waals surface area contributed by atoms with Crippen LogP contribution < -0.4 is 9.80 Å². The van der Waals surface area contributed by atoms with E-state index in [2.05, 4.69) is 14.8 Å². The van der Waals surface area contributed by atoms with Crippen LogP contribution in [0.5, 0.6) is 0 Å². The second-order valence-electron chi connectivity index (χ2n) is 10.8. The highest BCUT2D eigenvalue weighted by atomic mass is 32.2. The minimum Gasteiger partial charge on any atom is -0.478 e. The zero-order valence-corrected chi connectivity index (χ0v) is 22.9. The van der Waals surface area contributed by atoms with Gasteiger partial charge in [0.2, 0.25) is 10.0 Å². The number of anilines is 2. The first-order valence-corrected chi connectivity index (χ1v) is 15.1. The molecule has 1 N–H and O–H groups in total. The SMILES string of the molecule is O=C(O)c1cccc(N2CCC(CN3CCC(S(=O)(=O)N4CCN(c5cc(C(F)(F)F)ccn5)CC4)C3)CC2)c1. The summed E-state index contributed by atoms with van der Waals surface area (Å²) in [5, 5.41) is 8.77. The van der Waals surface area contributed by atoms with Gasteiger partial charge in [0.15, 0.2) is 0 Å². The van der Waals surface area contributed by atoms with Crippen LogP contribution in [0.4, 0.5) is 24.7 Å². The van der Waals surface area contributed by atoms with Gasteiger partial charge in [0.05, 0.1) is 16.4 Å². The van der Waals surface area contributed by atoms with Gasteiger partial charge in [-0.3, -0.25) is 0 Å². The number of piperidine rings is 1. The van der Waals surface area contributed by atoms with E-state index in [0.717, 1.165) is 63.0 Å². The number of likely N-dealkylation sites (tertiary alicyclic amines) is 1. The van der Waals surface area contributed by atoms with Crippen molar-refractivity contribution in [1.29, 1.82) is 0 Å². The molecule has 1 aromatic heterocycles. The number of halogens is 3. The molecule has 13 heteroatoms. The fourth-order valence-corrected chi connectivity index (χ4v) is 7.83. The Morgan fingerprint density at radius 3 is 2.35 bits per heavy atom. The van der Waals surface area contributed by atoms with E-state index in [1.54, 1.807) is 23.1 Å². The Hall–Kier alpha value is -2.90. The van der Waals surface area contributed by atoms with Gasteiger partial charge in [-0.2, -0.15) is 17.5 Å². The molecule has 2 aromatic rings. The van der Waals surface area contributed by atoms with Gasteiger partial charge in [-0.1, -0.05) is 6.07 Å². The van der Waals surface area contributed by atoms with Crippen molar-refractivity contribution < 1.29 is 31.5 Å². The van der Waals surface area contributed by atoms with Gasteiger partial charge in [0.25, 0.3) is 0 Å². The van der Waals surface area contributed by atoms with E-state index in [1.807, 2.05) is 6.07 Å². The summed E-state index contributed by atoms with van der Waals surface area (Å²) in [6.45, 7) is 4.72. The first kappa shape index (κ1) is 28.6. The zero-order chi connectivity index (χ0) is 28.5. The molecule has 9 nitrogen and oxygen atoms in total. The van der Waals surface area contributed by atoms with Crippen LogP contribution in [0.1, 0.15) is 35.2 Å². The van der Waals surface area contributed by atoms with Crippen molar-refractivity contribution >= 4 is 27.5 Å². The van der Waals surface area contributed by atoms with Crippen LogP contribution in [-0.2, 0) is 16.2 Å². The lowest BCUT2D eigenvalue weighted by Crippen LogP contribution is -2.51. The summed E-state index contributed by atoms with van der Waals surface area (Å²) in [4.78, 5) is 21.5. The highest BCUT2D eigenvalue weighted by molar-refractivity contribution is 7.89. The quantitative estimate of drug-likeness (QED) is 0.533. The molecule has 0 amide bonds. The Balaban J connectivity index is 1.10. The number of carboxylic acid groups (broad SMARTS) is 1. The summed E-state index contributed by atoms with van der Waals surface area (Å²) in [7, 11) is -3.52. The summed E-state index contributed by atoms with van der Waals surface area (Å²) < 4.78 is 67.5. The molecule has 218 valence electrons. The third-order valence-corrected chi connectivity index (χ3v) is 10.5. The van der Waals surface area contributed by atoms with E-state index in [-0.39, 0.29) is 37.6 Å². The van der Waals surface area contributed by atoms with E-state index in [9.17, 15) is 31.5 Å². The molecular formula is C27H34F3N5O4S. The molecule has 0 spiro atoms. The number of sulfonamides is 1. The lowest BCUT2D eigenvalue weighted by atomic mass is 9.95. The van der Waals surface area contributed by atoms with Gasteiger partial charge in [0, 0.05) is 64.2 Å². The summed E-state index contributed by atoms with van der Waals surface area (Å²) in [6.07, 6.45) is -0.844. The first-order chi connectivity index (χ1) is 19.0. The minimum absolute atomic E-state index is 0.208. The predicted molar refractivity (Wildman–Crippen MR) is 145 cm³/mol. The number of piperazine rings is 1. The molecule has 1 atom stereocenters. The first-order valence-electron chi connectivity index (χ1n) is 13.6. The highest BCUT2D eigenvalue weighted by Gasteiger charge is 2.39. The number of aromatic carboxylic acids is 1. The molecule has 0 aliphatic carbocycles. The predicted octanol–water partition coefficient (Wildman–Crippen LogP) is 3.24. The van der Waals surface area contributed by atoms with Crippen LogP contribution in [0.15, 0.2) is 42.6 Å². The number of rotatable bonds is 7. The number of alkyl halides is 3. The summed E-state index contributed by atoms with van der Waals surface area (Å²) >= 11 is 0. The molecule has 0 saturated carbocycles. The average molecular weight is 582 g/mol. The number of nitrogens with zero attached hydrogens (tertiary/aromatic N) is 5. The molecule has 0 bridgehead atoms. The van der Waals surface area contributed by atoms with E-state index in [1.165, 1.54) is 4.31 Å². The number of carbonyl (C=O) groups is 1. The monoisotopic (exact) mass is 581 g/mol. The molecule has 1 aromatic carbocycles. The smallest absolute Gasteiger partial charge is 0.416 e. The average Bonchev–Trinajstić information content (AvgIpc) is 3.43. The molecule has 40 heavy (non-hydrogen) atoms. The standard InChI is InChI=1S/C27H34F3N5O4S/c28-27(29,30)22-4-8-31-25(17-22)34-12-14-35(15-13-34)40(38,39)24-7-9-32(19-24)18-20-5-10-33(11-6-20)23-3-1-2-21(16-23)26(36)37/h1-4,8,16-17,20,24H,5-7,9-15,18-19H2,(H,36,37). The normalized spacial score (nSPS) is 22.1. The molecule has 0 radical (unpaired) electrons. The molecule has 5 rings (SSSR count). The third-order valence-electron chi connectivity index (χ3n) is 8.23. The van der Waals surface area contributed by atoms with Gasteiger partial charge in [-0.05, 0) is 62.1 Å². The number of hydrogen-bond donors (Lipinski definition) is 1. The van der Waals surface area contributed by atoms with Gasteiger partial charge in [0.1, 0.15) is 5.82 Å². The summed E-state index contributed by atoms with van der Waals surface area (Å²) in [5.74, 6) is -0.284. The van der Waals surface area contributed by atoms with Crippen molar-refractivity contribution in [3.63, 3.8) is 0 Å². The van der Waals surface area contributed by atoms with Crippen LogP contribution in [-0.4, -0.2) is 97.8 Å². The number of benzene rings is 1. The zero-order valence-electron chi connectivity index (χ0n) is 22.1. The molecule has 4 heterocycles. The van der Waals surface area contributed by atoms with Crippen molar-refractivity contribution in [2.75, 3.05) is 68.7 Å². The van der Waals surface area contributed by atoms with Crippen LogP contribution in [0.2, 0.25) is 0 Å². The van der Waals surface area contributed by atoms with Crippen molar-refractivity contribution in [2.45, 2.75) is 30.7 Å². The Labute approximate surface area is 232 Å². The molecule has 1 unspecified atom stereocenters. The number of carboxylic acids is 1. The third kappa shape index (κ3) is 6.36. The maximum Gasteiger partial charge on any atom is 0.416 e. The van der Waals surface area contributed by atoms with Crippen molar-refractivity contribution in [3.05, 3.63) is 53.7 Å². The number of aromatic nitrogens is 1. The molecule has 3 fully saturated rings. The Morgan fingerprint density at radius 1 is 0.950 bits per heavy atom. The lowest BCUT2D eigenvalue weighted by molar-refractivity contribution is -0.137. The van der Waals surface area contributed by atoms with Crippen molar-refractivity contribution in [2.24, 2.45) is 5.92 Å². The van der Waals surface area contributed by atoms with Crippen LogP contribution >= 0.6 is 0 Å². The fourth-order valence-electron chi connectivity index (χ4n) is 5.93. The van der Waals surface area contributed by atoms with E-state index < -0.39 is 33.0 Å². The molecule has 3 aliphatic heterocycles. The van der Waals surface area contributed by atoms with Crippen LogP contribution in [0, 0.1) is 5.92 Å². The lowest BCUT2D eigenvalue weighted by Gasteiger charge is -2.36. The topological polar surface area (TPSA) is 97.3 Å². The maximum absolute atomic E-state index is 13.4. The highest BCUT2D eigenvalue weighted by Crippen LogP contribution is 2.32. The summed E-state index contributed by atoms with van der Waals surface area (Å²) in [6, 6.07) is 8.92. The van der Waals surface area contributed by atoms with Gasteiger partial charge in [-0.15, -0.1) is 0 Å². The number of pyridine rings is 1. The molecular weight excluding hydrogens is 547 g/mol. The largest absolute Gasteiger partial charge is 0.478 e. The van der Waals surface area contributed by atoms with Gasteiger partial charge in [-0.25, -0.2) is 18.2 Å². The van der Waals surface area contributed by atoms with Gasteiger partial charge >= 0.3 is 12.1 Å². The second-order valence-corrected chi connectivity index (χ2v) is 13.0. The van der Waals surface area contributed by atoms with Crippen molar-refractivity contribution in [1.82, 2.24) is 14.2 Å². The van der Waals surface area contributed by atoms with Crippen LogP contribution in [0.25, 0.3) is 0 Å².